The third-order valence-electron chi connectivity index (χ3n) is 3.36. The van der Waals surface area contributed by atoms with Gasteiger partial charge >= 0.3 is 0 Å². The standard InChI is InChI=1S/C11H24N2O2S/c1-10(2)8-16(14,15)13-6-4-11(3,9-12)5-7-13/h10H,4-9,12H2,1-3H3. The molecule has 4 nitrogen and oxygen atoms in total. The minimum atomic E-state index is -3.05. The van der Waals surface area contributed by atoms with Gasteiger partial charge in [0.05, 0.1) is 5.75 Å². The molecule has 0 bridgehead atoms. The second kappa shape index (κ2) is 5.02. The predicted octanol–water partition coefficient (Wildman–Crippen LogP) is 1.03. The van der Waals surface area contributed by atoms with Gasteiger partial charge in [-0.15, -0.1) is 0 Å². The number of sulfonamides is 1. The maximum atomic E-state index is 12.0. The van der Waals surface area contributed by atoms with Gasteiger partial charge < -0.3 is 5.73 Å². The van der Waals surface area contributed by atoms with Crippen molar-refractivity contribution >= 4 is 10.0 Å². The Bertz CT molecular complexity index is 317. The lowest BCUT2D eigenvalue weighted by molar-refractivity contribution is 0.182. The lowest BCUT2D eigenvalue weighted by Gasteiger charge is -2.38. The number of hydrogen-bond donors (Lipinski definition) is 1. The van der Waals surface area contributed by atoms with Crippen LogP contribution in [0.3, 0.4) is 0 Å². The normalized spacial score (nSPS) is 22.6. The largest absolute Gasteiger partial charge is 0.330 e. The molecule has 1 aliphatic heterocycles. The van der Waals surface area contributed by atoms with Crippen LogP contribution in [-0.4, -0.2) is 38.1 Å². The summed E-state index contributed by atoms with van der Waals surface area (Å²) in [6.45, 7) is 7.91. The van der Waals surface area contributed by atoms with E-state index in [2.05, 4.69) is 6.92 Å². The zero-order chi connectivity index (χ0) is 12.4. The van der Waals surface area contributed by atoms with Crippen LogP contribution in [0, 0.1) is 11.3 Å². The Balaban J connectivity index is 2.60. The highest BCUT2D eigenvalue weighted by molar-refractivity contribution is 7.89. The van der Waals surface area contributed by atoms with Gasteiger partial charge in [0.2, 0.25) is 10.0 Å². The molecule has 0 amide bonds. The Hall–Kier alpha value is -0.130. The van der Waals surface area contributed by atoms with Gasteiger partial charge in [-0.3, -0.25) is 0 Å². The maximum Gasteiger partial charge on any atom is 0.214 e. The lowest BCUT2D eigenvalue weighted by atomic mass is 9.81. The summed E-state index contributed by atoms with van der Waals surface area (Å²) in [5, 5.41) is 0. The first-order valence-electron chi connectivity index (χ1n) is 5.97. The minimum Gasteiger partial charge on any atom is -0.330 e. The van der Waals surface area contributed by atoms with Gasteiger partial charge in [0.1, 0.15) is 0 Å². The minimum absolute atomic E-state index is 0.129. The number of hydrogen-bond acceptors (Lipinski definition) is 3. The number of rotatable bonds is 4. The smallest absolute Gasteiger partial charge is 0.214 e. The quantitative estimate of drug-likeness (QED) is 0.808. The zero-order valence-corrected chi connectivity index (χ0v) is 11.4. The van der Waals surface area contributed by atoms with Gasteiger partial charge in [-0.2, -0.15) is 0 Å². The first-order valence-corrected chi connectivity index (χ1v) is 7.58. The lowest BCUT2D eigenvalue weighted by Crippen LogP contribution is -2.45. The molecular weight excluding hydrogens is 224 g/mol. The van der Waals surface area contributed by atoms with Crippen molar-refractivity contribution in [2.24, 2.45) is 17.1 Å². The molecule has 1 saturated heterocycles. The summed E-state index contributed by atoms with van der Waals surface area (Å²) in [6, 6.07) is 0. The number of nitrogens with two attached hydrogens (primary N) is 1. The fourth-order valence-corrected chi connectivity index (χ4v) is 3.83. The van der Waals surface area contributed by atoms with Crippen LogP contribution in [0.25, 0.3) is 0 Å². The van der Waals surface area contributed by atoms with Crippen molar-refractivity contribution in [1.82, 2.24) is 4.31 Å². The first-order chi connectivity index (χ1) is 7.29. The molecule has 0 aromatic heterocycles. The molecule has 0 unspecified atom stereocenters. The van der Waals surface area contributed by atoms with Gasteiger partial charge in [-0.1, -0.05) is 20.8 Å². The van der Waals surface area contributed by atoms with Gasteiger partial charge in [0.15, 0.2) is 0 Å². The number of piperidine rings is 1. The second-order valence-electron chi connectivity index (χ2n) is 5.59. The van der Waals surface area contributed by atoms with E-state index in [1.807, 2.05) is 13.8 Å². The van der Waals surface area contributed by atoms with Crippen LogP contribution in [-0.2, 0) is 10.0 Å². The van der Waals surface area contributed by atoms with E-state index >= 15 is 0 Å². The molecule has 0 spiro atoms. The van der Waals surface area contributed by atoms with Gasteiger partial charge in [0.25, 0.3) is 0 Å². The molecule has 5 heteroatoms. The second-order valence-corrected chi connectivity index (χ2v) is 7.60. The monoisotopic (exact) mass is 248 g/mol. The molecule has 96 valence electrons. The molecule has 1 rings (SSSR count). The highest BCUT2D eigenvalue weighted by Crippen LogP contribution is 2.30. The van der Waals surface area contributed by atoms with Crippen LogP contribution in [0.5, 0.6) is 0 Å². The van der Waals surface area contributed by atoms with Gasteiger partial charge in [-0.05, 0) is 30.7 Å². The predicted molar refractivity (Wildman–Crippen MR) is 66.6 cm³/mol. The Labute approximate surface area is 99.2 Å². The molecule has 0 saturated carbocycles. The summed E-state index contributed by atoms with van der Waals surface area (Å²) in [5.41, 5.74) is 5.83. The van der Waals surface area contributed by atoms with Crippen molar-refractivity contribution in [1.29, 1.82) is 0 Å². The molecular formula is C11H24N2O2S. The Kier molecular flexibility index (Phi) is 4.37. The third-order valence-corrected chi connectivity index (χ3v) is 5.60. The molecule has 2 N–H and O–H groups in total. The van der Waals surface area contributed by atoms with E-state index in [0.717, 1.165) is 12.8 Å². The number of nitrogens with zero attached hydrogens (tertiary/aromatic N) is 1. The summed E-state index contributed by atoms with van der Waals surface area (Å²) < 4.78 is 25.6. The summed E-state index contributed by atoms with van der Waals surface area (Å²) in [6.07, 6.45) is 1.75. The van der Waals surface area contributed by atoms with Crippen LogP contribution in [0.15, 0.2) is 0 Å². The maximum absolute atomic E-state index is 12.0. The molecule has 16 heavy (non-hydrogen) atoms. The SMILES string of the molecule is CC(C)CS(=O)(=O)N1CCC(C)(CN)CC1. The summed E-state index contributed by atoms with van der Waals surface area (Å²) in [7, 11) is -3.05. The molecule has 0 aliphatic carbocycles. The molecule has 0 aromatic rings. The summed E-state index contributed by atoms with van der Waals surface area (Å²) >= 11 is 0. The van der Waals surface area contributed by atoms with Crippen molar-refractivity contribution in [2.45, 2.75) is 33.6 Å². The Morgan fingerprint density at radius 2 is 1.81 bits per heavy atom. The molecule has 0 atom stereocenters. The zero-order valence-electron chi connectivity index (χ0n) is 10.6. The van der Waals surface area contributed by atoms with Gasteiger partial charge in [-0.25, -0.2) is 12.7 Å². The Morgan fingerprint density at radius 1 is 1.31 bits per heavy atom. The van der Waals surface area contributed by atoms with Crippen LogP contribution in [0.4, 0.5) is 0 Å². The fourth-order valence-electron chi connectivity index (χ4n) is 2.03. The van der Waals surface area contributed by atoms with Crippen LogP contribution in [0.1, 0.15) is 33.6 Å². The molecule has 1 fully saturated rings. The highest BCUT2D eigenvalue weighted by atomic mass is 32.2. The third kappa shape index (κ3) is 3.43. The van der Waals surface area contributed by atoms with E-state index in [-0.39, 0.29) is 17.1 Å². The Morgan fingerprint density at radius 3 is 2.19 bits per heavy atom. The van der Waals surface area contributed by atoms with E-state index in [1.54, 1.807) is 4.31 Å². The van der Waals surface area contributed by atoms with E-state index in [0.29, 0.717) is 19.6 Å². The summed E-state index contributed by atoms with van der Waals surface area (Å²) in [5.74, 6) is 0.444. The van der Waals surface area contributed by atoms with Crippen molar-refractivity contribution in [3.8, 4) is 0 Å². The van der Waals surface area contributed by atoms with Gasteiger partial charge in [0, 0.05) is 13.1 Å². The van der Waals surface area contributed by atoms with E-state index in [1.165, 1.54) is 0 Å². The fraction of sp³-hybridized carbons (Fsp3) is 1.00. The van der Waals surface area contributed by atoms with Crippen molar-refractivity contribution in [3.05, 3.63) is 0 Å². The molecule has 0 radical (unpaired) electrons. The molecule has 0 aromatic carbocycles. The van der Waals surface area contributed by atoms with E-state index in [4.69, 9.17) is 5.73 Å². The van der Waals surface area contributed by atoms with Crippen molar-refractivity contribution in [3.63, 3.8) is 0 Å². The van der Waals surface area contributed by atoms with E-state index in [9.17, 15) is 8.42 Å². The molecule has 1 aliphatic rings. The summed E-state index contributed by atoms with van der Waals surface area (Å²) in [4.78, 5) is 0. The van der Waals surface area contributed by atoms with Crippen molar-refractivity contribution in [2.75, 3.05) is 25.4 Å². The average Bonchev–Trinajstić information content (AvgIpc) is 2.16. The van der Waals surface area contributed by atoms with Crippen LogP contribution in [0.2, 0.25) is 0 Å². The van der Waals surface area contributed by atoms with Crippen LogP contribution < -0.4 is 5.73 Å². The average molecular weight is 248 g/mol. The van der Waals surface area contributed by atoms with Crippen molar-refractivity contribution < 1.29 is 8.42 Å². The molecule has 1 heterocycles. The van der Waals surface area contributed by atoms with E-state index < -0.39 is 10.0 Å². The topological polar surface area (TPSA) is 63.4 Å². The van der Waals surface area contributed by atoms with Crippen LogP contribution >= 0.6 is 0 Å². The highest BCUT2D eigenvalue weighted by Gasteiger charge is 2.33. The first kappa shape index (κ1) is 13.9.